The quantitative estimate of drug-likeness (QED) is 0.727. The van der Waals surface area contributed by atoms with Crippen molar-refractivity contribution in [3.05, 3.63) is 0 Å². The van der Waals surface area contributed by atoms with Gasteiger partial charge in [-0.2, -0.15) is 0 Å². The van der Waals surface area contributed by atoms with Crippen molar-refractivity contribution in [2.45, 2.75) is 46.6 Å². The molecule has 1 N–H and O–H groups in total. The van der Waals surface area contributed by atoms with E-state index in [1.54, 1.807) is 0 Å². The molecule has 2 heteroatoms. The van der Waals surface area contributed by atoms with Gasteiger partial charge < -0.3 is 10.2 Å². The van der Waals surface area contributed by atoms with Gasteiger partial charge in [0.25, 0.3) is 0 Å². The van der Waals surface area contributed by atoms with Crippen LogP contribution in [0.3, 0.4) is 0 Å². The summed E-state index contributed by atoms with van der Waals surface area (Å²) in [6.07, 6.45) is 2.65. The zero-order chi connectivity index (χ0) is 11.3. The van der Waals surface area contributed by atoms with Crippen molar-refractivity contribution in [3.63, 3.8) is 0 Å². The number of rotatable bonds is 6. The zero-order valence-electron chi connectivity index (χ0n) is 10.9. The predicted octanol–water partition coefficient (Wildman–Crippen LogP) is 2.35. The van der Waals surface area contributed by atoms with E-state index >= 15 is 0 Å². The minimum absolute atomic E-state index is 0.687. The molecule has 0 amide bonds. The van der Waals surface area contributed by atoms with Crippen LogP contribution in [0.2, 0.25) is 0 Å². The molecule has 0 bridgehead atoms. The van der Waals surface area contributed by atoms with Crippen LogP contribution in [0.5, 0.6) is 0 Å². The van der Waals surface area contributed by atoms with Gasteiger partial charge in [-0.3, -0.25) is 0 Å². The van der Waals surface area contributed by atoms with Gasteiger partial charge in [-0.15, -0.1) is 0 Å². The van der Waals surface area contributed by atoms with Crippen molar-refractivity contribution >= 4 is 0 Å². The maximum atomic E-state index is 3.47. The average molecular weight is 212 g/mol. The van der Waals surface area contributed by atoms with E-state index in [-0.39, 0.29) is 0 Å². The minimum atomic E-state index is 0.687. The summed E-state index contributed by atoms with van der Waals surface area (Å²) in [6, 6.07) is 0.687. The lowest BCUT2D eigenvalue weighted by atomic mass is 10.0. The molecule has 1 rings (SSSR count). The molecule has 1 saturated heterocycles. The van der Waals surface area contributed by atoms with Gasteiger partial charge in [0.15, 0.2) is 0 Å². The maximum Gasteiger partial charge on any atom is 0.00390 e. The number of likely N-dealkylation sites (tertiary alicyclic amines) is 1. The predicted molar refractivity (Wildman–Crippen MR) is 67.1 cm³/mol. The Bertz CT molecular complexity index is 160. The molecule has 0 aromatic heterocycles. The SMILES string of the molecule is CCNC(C)CCCN1CC(C)C(C)C1. The Morgan fingerprint density at radius 2 is 1.87 bits per heavy atom. The van der Waals surface area contributed by atoms with E-state index in [1.165, 1.54) is 32.5 Å². The Kier molecular flexibility index (Phi) is 5.62. The Labute approximate surface area is 95.4 Å². The van der Waals surface area contributed by atoms with E-state index < -0.39 is 0 Å². The number of nitrogens with one attached hydrogen (secondary N) is 1. The van der Waals surface area contributed by atoms with Crippen molar-refractivity contribution in [2.24, 2.45) is 11.8 Å². The van der Waals surface area contributed by atoms with E-state index in [0.29, 0.717) is 6.04 Å². The first-order valence-electron chi connectivity index (χ1n) is 6.59. The Morgan fingerprint density at radius 1 is 1.27 bits per heavy atom. The molecule has 0 aromatic carbocycles. The molecule has 0 radical (unpaired) electrons. The molecule has 0 aliphatic carbocycles. The van der Waals surface area contributed by atoms with Crippen LogP contribution in [0.15, 0.2) is 0 Å². The monoisotopic (exact) mass is 212 g/mol. The molecule has 1 fully saturated rings. The molecule has 1 aliphatic heterocycles. The zero-order valence-corrected chi connectivity index (χ0v) is 10.9. The van der Waals surface area contributed by atoms with Crippen LogP contribution >= 0.6 is 0 Å². The van der Waals surface area contributed by atoms with E-state index in [4.69, 9.17) is 0 Å². The summed E-state index contributed by atoms with van der Waals surface area (Å²) in [5, 5.41) is 3.47. The lowest BCUT2D eigenvalue weighted by Gasteiger charge is -2.17. The van der Waals surface area contributed by atoms with Crippen molar-refractivity contribution < 1.29 is 0 Å². The summed E-state index contributed by atoms with van der Waals surface area (Å²) in [7, 11) is 0. The molecule has 2 nitrogen and oxygen atoms in total. The van der Waals surface area contributed by atoms with E-state index in [9.17, 15) is 0 Å². The van der Waals surface area contributed by atoms with Crippen molar-refractivity contribution in [1.82, 2.24) is 10.2 Å². The van der Waals surface area contributed by atoms with Gasteiger partial charge in [-0.25, -0.2) is 0 Å². The molecule has 1 heterocycles. The third-order valence-electron chi connectivity index (χ3n) is 3.73. The molecule has 90 valence electrons. The first-order chi connectivity index (χ1) is 7.13. The number of nitrogens with zero attached hydrogens (tertiary/aromatic N) is 1. The second-order valence-electron chi connectivity index (χ2n) is 5.32. The third kappa shape index (κ3) is 4.52. The van der Waals surface area contributed by atoms with Crippen LogP contribution in [0.1, 0.15) is 40.5 Å². The second kappa shape index (κ2) is 6.49. The Hall–Kier alpha value is -0.0800. The largest absolute Gasteiger partial charge is 0.315 e. The lowest BCUT2D eigenvalue weighted by Crippen LogP contribution is -2.28. The van der Waals surface area contributed by atoms with Gasteiger partial charge in [0, 0.05) is 19.1 Å². The topological polar surface area (TPSA) is 15.3 Å². The first-order valence-corrected chi connectivity index (χ1v) is 6.59. The third-order valence-corrected chi connectivity index (χ3v) is 3.73. The highest BCUT2D eigenvalue weighted by Crippen LogP contribution is 2.22. The highest BCUT2D eigenvalue weighted by Gasteiger charge is 2.25. The van der Waals surface area contributed by atoms with Gasteiger partial charge >= 0.3 is 0 Å². The molecule has 0 aromatic rings. The van der Waals surface area contributed by atoms with Gasteiger partial charge in [0.05, 0.1) is 0 Å². The highest BCUT2D eigenvalue weighted by atomic mass is 15.1. The normalized spacial score (nSPS) is 29.6. The molecular weight excluding hydrogens is 184 g/mol. The second-order valence-corrected chi connectivity index (χ2v) is 5.32. The van der Waals surface area contributed by atoms with Crippen LogP contribution in [0.4, 0.5) is 0 Å². The van der Waals surface area contributed by atoms with Crippen LogP contribution in [0, 0.1) is 11.8 Å². The van der Waals surface area contributed by atoms with Gasteiger partial charge in [-0.1, -0.05) is 20.8 Å². The summed E-state index contributed by atoms with van der Waals surface area (Å²) in [5.41, 5.74) is 0. The summed E-state index contributed by atoms with van der Waals surface area (Å²) in [6.45, 7) is 14.3. The van der Waals surface area contributed by atoms with Crippen LogP contribution in [-0.4, -0.2) is 37.1 Å². The van der Waals surface area contributed by atoms with Crippen LogP contribution in [0.25, 0.3) is 0 Å². The van der Waals surface area contributed by atoms with Crippen molar-refractivity contribution in [3.8, 4) is 0 Å². The molecule has 0 spiro atoms. The summed E-state index contributed by atoms with van der Waals surface area (Å²) in [4.78, 5) is 2.63. The smallest absolute Gasteiger partial charge is 0.00390 e. The number of hydrogen-bond acceptors (Lipinski definition) is 2. The van der Waals surface area contributed by atoms with Gasteiger partial charge in [0.1, 0.15) is 0 Å². The fourth-order valence-electron chi connectivity index (χ4n) is 2.50. The van der Waals surface area contributed by atoms with Crippen LogP contribution < -0.4 is 5.32 Å². The van der Waals surface area contributed by atoms with E-state index in [2.05, 4.69) is 37.9 Å². The average Bonchev–Trinajstić information content (AvgIpc) is 2.46. The van der Waals surface area contributed by atoms with Crippen molar-refractivity contribution in [2.75, 3.05) is 26.2 Å². The Morgan fingerprint density at radius 3 is 2.40 bits per heavy atom. The molecule has 1 aliphatic rings. The fourth-order valence-corrected chi connectivity index (χ4v) is 2.50. The number of hydrogen-bond donors (Lipinski definition) is 1. The summed E-state index contributed by atoms with van der Waals surface area (Å²) in [5.74, 6) is 1.80. The molecule has 15 heavy (non-hydrogen) atoms. The lowest BCUT2D eigenvalue weighted by molar-refractivity contribution is 0.308. The van der Waals surface area contributed by atoms with Crippen LogP contribution in [-0.2, 0) is 0 Å². The van der Waals surface area contributed by atoms with E-state index in [0.717, 1.165) is 18.4 Å². The standard InChI is InChI=1S/C13H28N2/c1-5-14-13(4)7-6-8-15-9-11(2)12(3)10-15/h11-14H,5-10H2,1-4H3. The first kappa shape index (κ1) is 13.0. The van der Waals surface area contributed by atoms with Gasteiger partial charge in [0.2, 0.25) is 0 Å². The summed E-state index contributed by atoms with van der Waals surface area (Å²) >= 11 is 0. The maximum absolute atomic E-state index is 3.47. The van der Waals surface area contributed by atoms with E-state index in [1.807, 2.05) is 0 Å². The fraction of sp³-hybridized carbons (Fsp3) is 1.00. The molecule has 3 atom stereocenters. The Balaban J connectivity index is 2.06. The summed E-state index contributed by atoms with van der Waals surface area (Å²) < 4.78 is 0. The minimum Gasteiger partial charge on any atom is -0.315 e. The molecule has 3 unspecified atom stereocenters. The van der Waals surface area contributed by atoms with Crippen molar-refractivity contribution in [1.29, 1.82) is 0 Å². The van der Waals surface area contributed by atoms with Gasteiger partial charge in [-0.05, 0) is 44.7 Å². The highest BCUT2D eigenvalue weighted by molar-refractivity contribution is 4.78. The molecular formula is C13H28N2. The molecule has 0 saturated carbocycles.